The molecule has 0 saturated carbocycles. The predicted octanol–water partition coefficient (Wildman–Crippen LogP) is 4.53. The number of carboxylic acids is 1. The van der Waals surface area contributed by atoms with E-state index in [1.165, 1.54) is 25.2 Å². The summed E-state index contributed by atoms with van der Waals surface area (Å²) in [5.41, 5.74) is 3.46. The Bertz CT molecular complexity index is 1030. The SMILES string of the molecule is COc1c(F)cc(C)cc1[C@@H](C(=O)O)N1CC[C@@H](OCCCCCc2ccc3c(n2)NCCC3)C1. The number of hydrogen-bond donors (Lipinski definition) is 2. The van der Waals surface area contributed by atoms with E-state index in [9.17, 15) is 14.3 Å². The van der Waals surface area contributed by atoms with Gasteiger partial charge in [0.05, 0.1) is 13.2 Å². The van der Waals surface area contributed by atoms with Gasteiger partial charge < -0.3 is 19.9 Å². The van der Waals surface area contributed by atoms with E-state index in [1.54, 1.807) is 13.0 Å². The second-order valence-corrected chi connectivity index (χ2v) is 9.54. The van der Waals surface area contributed by atoms with Gasteiger partial charge in [0.1, 0.15) is 11.9 Å². The Morgan fingerprint density at radius 3 is 2.97 bits per heavy atom. The number of nitrogens with one attached hydrogen (secondary N) is 1. The average molecular weight is 486 g/mol. The van der Waals surface area contributed by atoms with Gasteiger partial charge in [0.15, 0.2) is 11.6 Å². The third kappa shape index (κ3) is 6.30. The summed E-state index contributed by atoms with van der Waals surface area (Å²) < 4.78 is 25.7. The number of nitrogens with zero attached hydrogens (tertiary/aromatic N) is 2. The number of carbonyl (C=O) groups is 1. The van der Waals surface area contributed by atoms with Crippen LogP contribution in [0.2, 0.25) is 0 Å². The van der Waals surface area contributed by atoms with E-state index in [0.717, 1.165) is 56.6 Å². The highest BCUT2D eigenvalue weighted by molar-refractivity contribution is 5.77. The molecule has 0 aliphatic carbocycles. The summed E-state index contributed by atoms with van der Waals surface area (Å²) in [6, 6.07) is 6.43. The van der Waals surface area contributed by atoms with E-state index in [-0.39, 0.29) is 11.9 Å². The Hall–Kier alpha value is -2.71. The van der Waals surface area contributed by atoms with Crippen molar-refractivity contribution in [1.29, 1.82) is 0 Å². The molecule has 190 valence electrons. The van der Waals surface area contributed by atoms with Crippen molar-refractivity contribution in [2.75, 3.05) is 38.7 Å². The third-order valence-electron chi connectivity index (χ3n) is 6.87. The number of methoxy groups -OCH3 is 1. The molecule has 3 heterocycles. The molecular formula is C27H36FN3O4. The maximum absolute atomic E-state index is 14.4. The van der Waals surface area contributed by atoms with Crippen LogP contribution in [-0.2, 0) is 22.4 Å². The van der Waals surface area contributed by atoms with Gasteiger partial charge in [0, 0.05) is 37.5 Å². The monoisotopic (exact) mass is 485 g/mol. The van der Waals surface area contributed by atoms with Crippen LogP contribution in [-0.4, -0.2) is 60.4 Å². The van der Waals surface area contributed by atoms with Crippen molar-refractivity contribution >= 4 is 11.8 Å². The van der Waals surface area contributed by atoms with Gasteiger partial charge >= 0.3 is 5.97 Å². The fraction of sp³-hybridized carbons (Fsp3) is 0.556. The molecule has 2 aliphatic heterocycles. The van der Waals surface area contributed by atoms with E-state index >= 15 is 0 Å². The minimum atomic E-state index is -1.01. The number of likely N-dealkylation sites (tertiary alicyclic amines) is 1. The third-order valence-corrected chi connectivity index (χ3v) is 6.87. The molecule has 0 unspecified atom stereocenters. The number of carboxylic acid groups (broad SMARTS) is 1. The normalized spacial score (nSPS) is 18.7. The van der Waals surface area contributed by atoms with Crippen LogP contribution in [0.3, 0.4) is 0 Å². The number of rotatable bonds is 11. The van der Waals surface area contributed by atoms with Crippen molar-refractivity contribution in [3.63, 3.8) is 0 Å². The van der Waals surface area contributed by atoms with Gasteiger partial charge in [-0.15, -0.1) is 0 Å². The topological polar surface area (TPSA) is 83.9 Å². The smallest absolute Gasteiger partial charge is 0.325 e. The molecule has 2 N–H and O–H groups in total. The van der Waals surface area contributed by atoms with E-state index in [4.69, 9.17) is 14.5 Å². The molecule has 4 rings (SSSR count). The molecule has 1 aromatic heterocycles. The number of unbranched alkanes of at least 4 members (excludes halogenated alkanes) is 2. The Balaban J connectivity index is 1.22. The predicted molar refractivity (Wildman–Crippen MR) is 133 cm³/mol. The van der Waals surface area contributed by atoms with Crippen LogP contribution in [0.4, 0.5) is 10.2 Å². The fourth-order valence-electron chi connectivity index (χ4n) is 5.13. The van der Waals surface area contributed by atoms with E-state index < -0.39 is 17.8 Å². The quantitative estimate of drug-likeness (QED) is 0.453. The zero-order valence-corrected chi connectivity index (χ0v) is 20.7. The minimum absolute atomic E-state index is 0.00318. The number of anilines is 1. The lowest BCUT2D eigenvalue weighted by atomic mass is 10.0. The molecular weight excluding hydrogens is 449 g/mol. The van der Waals surface area contributed by atoms with Crippen LogP contribution in [0.15, 0.2) is 24.3 Å². The van der Waals surface area contributed by atoms with Crippen molar-refractivity contribution in [3.8, 4) is 5.75 Å². The Labute approximate surface area is 206 Å². The molecule has 2 aliphatic rings. The average Bonchev–Trinajstić information content (AvgIpc) is 3.29. The highest BCUT2D eigenvalue weighted by Crippen LogP contribution is 2.35. The largest absolute Gasteiger partial charge is 0.493 e. The van der Waals surface area contributed by atoms with Gasteiger partial charge in [-0.25, -0.2) is 9.37 Å². The van der Waals surface area contributed by atoms with Crippen LogP contribution in [0.1, 0.15) is 60.5 Å². The first-order valence-electron chi connectivity index (χ1n) is 12.6. The number of ether oxygens (including phenoxy) is 2. The van der Waals surface area contributed by atoms with Crippen LogP contribution in [0.25, 0.3) is 0 Å². The molecule has 7 nitrogen and oxygen atoms in total. The maximum atomic E-state index is 14.4. The standard InChI is InChI=1S/C27H36FN3O4/c1-18-15-22(25(34-2)23(28)16-18)24(27(32)33)31-13-11-21(17-31)35-14-5-3-4-8-20-10-9-19-7-6-12-29-26(19)30-20/h9-10,15-16,21,24H,3-8,11-14,17H2,1-2H3,(H,29,30)(H,32,33)/t21-,24+/m1/s1. The van der Waals surface area contributed by atoms with Gasteiger partial charge in [-0.05, 0) is 74.8 Å². The number of benzene rings is 1. The van der Waals surface area contributed by atoms with Gasteiger partial charge in [-0.3, -0.25) is 9.69 Å². The molecule has 0 radical (unpaired) electrons. The van der Waals surface area contributed by atoms with Crippen molar-refractivity contribution in [2.24, 2.45) is 0 Å². The number of pyridine rings is 1. The Kier molecular flexibility index (Phi) is 8.57. The number of aryl methyl sites for hydroxylation is 3. The number of fused-ring (bicyclic) bond motifs is 1. The fourth-order valence-corrected chi connectivity index (χ4v) is 5.13. The number of aromatic nitrogens is 1. The Morgan fingerprint density at radius 2 is 2.17 bits per heavy atom. The summed E-state index contributed by atoms with van der Waals surface area (Å²) in [6.07, 6.45) is 7.04. The van der Waals surface area contributed by atoms with Crippen LogP contribution >= 0.6 is 0 Å². The van der Waals surface area contributed by atoms with Gasteiger partial charge in [0.2, 0.25) is 0 Å². The number of halogens is 1. The lowest BCUT2D eigenvalue weighted by Crippen LogP contribution is -2.34. The van der Waals surface area contributed by atoms with E-state index in [1.807, 2.05) is 4.90 Å². The lowest BCUT2D eigenvalue weighted by Gasteiger charge is -2.26. The molecule has 1 aromatic carbocycles. The van der Waals surface area contributed by atoms with Crippen LogP contribution in [0.5, 0.6) is 5.75 Å². The highest BCUT2D eigenvalue weighted by atomic mass is 19.1. The summed E-state index contributed by atoms with van der Waals surface area (Å²) in [7, 11) is 1.37. The molecule has 35 heavy (non-hydrogen) atoms. The molecule has 0 amide bonds. The maximum Gasteiger partial charge on any atom is 0.325 e. The second kappa shape index (κ2) is 11.8. The molecule has 0 spiro atoms. The minimum Gasteiger partial charge on any atom is -0.493 e. The van der Waals surface area contributed by atoms with Crippen LogP contribution < -0.4 is 10.1 Å². The summed E-state index contributed by atoms with van der Waals surface area (Å²) in [6.45, 7) is 4.49. The van der Waals surface area contributed by atoms with Gasteiger partial charge in [-0.1, -0.05) is 12.5 Å². The number of hydrogen-bond acceptors (Lipinski definition) is 6. The highest BCUT2D eigenvalue weighted by Gasteiger charge is 2.36. The molecule has 0 bridgehead atoms. The Morgan fingerprint density at radius 1 is 1.31 bits per heavy atom. The molecule has 1 saturated heterocycles. The van der Waals surface area contributed by atoms with Crippen molar-refractivity contribution in [3.05, 3.63) is 52.5 Å². The first kappa shape index (κ1) is 25.4. The van der Waals surface area contributed by atoms with Gasteiger partial charge in [-0.2, -0.15) is 0 Å². The lowest BCUT2D eigenvalue weighted by molar-refractivity contribution is -0.143. The summed E-state index contributed by atoms with van der Waals surface area (Å²) in [4.78, 5) is 18.7. The second-order valence-electron chi connectivity index (χ2n) is 9.54. The van der Waals surface area contributed by atoms with Crippen molar-refractivity contribution < 1.29 is 23.8 Å². The number of aliphatic carboxylic acids is 1. The first-order valence-corrected chi connectivity index (χ1v) is 12.6. The molecule has 2 aromatic rings. The van der Waals surface area contributed by atoms with Crippen molar-refractivity contribution in [2.45, 2.75) is 64.0 Å². The van der Waals surface area contributed by atoms with Gasteiger partial charge in [0.25, 0.3) is 0 Å². The zero-order valence-electron chi connectivity index (χ0n) is 20.7. The molecule has 2 atom stereocenters. The molecule has 1 fully saturated rings. The van der Waals surface area contributed by atoms with E-state index in [0.29, 0.717) is 30.8 Å². The molecule has 8 heteroatoms. The van der Waals surface area contributed by atoms with E-state index in [2.05, 4.69) is 17.4 Å². The summed E-state index contributed by atoms with van der Waals surface area (Å²) >= 11 is 0. The first-order chi connectivity index (χ1) is 17.0. The summed E-state index contributed by atoms with van der Waals surface area (Å²) in [5.74, 6) is -0.507. The van der Waals surface area contributed by atoms with Crippen LogP contribution in [0, 0.1) is 12.7 Å². The van der Waals surface area contributed by atoms with Crippen molar-refractivity contribution in [1.82, 2.24) is 9.88 Å². The zero-order chi connectivity index (χ0) is 24.8. The summed E-state index contributed by atoms with van der Waals surface area (Å²) in [5, 5.41) is 13.3.